The maximum atomic E-state index is 11.9. The van der Waals surface area contributed by atoms with Crippen LogP contribution < -0.4 is 4.72 Å². The van der Waals surface area contributed by atoms with Crippen molar-refractivity contribution in [2.75, 3.05) is 10.5 Å². The highest BCUT2D eigenvalue weighted by molar-refractivity contribution is 7.92. The first-order valence-electron chi connectivity index (χ1n) is 5.40. The standard InChI is InChI=1S/C12H19NO3S/c1-9-10(6-5-7-11(9)14)13-17(15,16)8-12(2,3)4/h5-7,13-14H,8H2,1-4H3. The fraction of sp³-hybridized carbons (Fsp3) is 0.500. The molecule has 1 rings (SSSR count). The van der Waals surface area contributed by atoms with Crippen molar-refractivity contribution in [2.45, 2.75) is 27.7 Å². The number of sulfonamides is 1. The van der Waals surface area contributed by atoms with Gasteiger partial charge in [-0.05, 0) is 24.5 Å². The van der Waals surface area contributed by atoms with E-state index in [1.807, 2.05) is 20.8 Å². The van der Waals surface area contributed by atoms with Gasteiger partial charge in [-0.25, -0.2) is 8.42 Å². The maximum Gasteiger partial charge on any atom is 0.233 e. The Kier molecular flexibility index (Phi) is 3.71. The van der Waals surface area contributed by atoms with Crippen molar-refractivity contribution in [1.29, 1.82) is 0 Å². The minimum atomic E-state index is -3.39. The van der Waals surface area contributed by atoms with Crippen LogP contribution >= 0.6 is 0 Å². The molecule has 4 nitrogen and oxygen atoms in total. The molecular weight excluding hydrogens is 238 g/mol. The molecule has 1 aromatic rings. The van der Waals surface area contributed by atoms with E-state index in [1.54, 1.807) is 19.1 Å². The van der Waals surface area contributed by atoms with Crippen LogP contribution in [0.3, 0.4) is 0 Å². The van der Waals surface area contributed by atoms with E-state index in [-0.39, 0.29) is 16.9 Å². The second kappa shape index (κ2) is 4.56. The zero-order chi connectivity index (χ0) is 13.3. The van der Waals surface area contributed by atoms with Gasteiger partial charge >= 0.3 is 0 Å². The van der Waals surface area contributed by atoms with Gasteiger partial charge in [0.1, 0.15) is 5.75 Å². The van der Waals surface area contributed by atoms with Crippen LogP contribution in [0.25, 0.3) is 0 Å². The van der Waals surface area contributed by atoms with Crippen LogP contribution in [0.1, 0.15) is 26.3 Å². The second-order valence-electron chi connectivity index (χ2n) is 5.37. The Balaban J connectivity index is 2.95. The van der Waals surface area contributed by atoms with Gasteiger partial charge in [-0.15, -0.1) is 0 Å². The number of aromatic hydroxyl groups is 1. The molecule has 0 saturated heterocycles. The number of hydrogen-bond donors (Lipinski definition) is 2. The summed E-state index contributed by atoms with van der Waals surface area (Å²) in [5, 5.41) is 9.49. The van der Waals surface area contributed by atoms with Crippen LogP contribution in [0, 0.1) is 12.3 Å². The number of phenols is 1. The van der Waals surface area contributed by atoms with E-state index in [9.17, 15) is 13.5 Å². The van der Waals surface area contributed by atoms with Gasteiger partial charge in [-0.1, -0.05) is 26.8 Å². The molecule has 0 aliphatic rings. The third-order valence-electron chi connectivity index (χ3n) is 2.19. The Hall–Kier alpha value is -1.23. The molecule has 5 heteroatoms. The van der Waals surface area contributed by atoms with Gasteiger partial charge in [-0.2, -0.15) is 0 Å². The van der Waals surface area contributed by atoms with Gasteiger partial charge in [0, 0.05) is 5.56 Å². The molecule has 0 bridgehead atoms. The van der Waals surface area contributed by atoms with Gasteiger partial charge < -0.3 is 5.11 Å². The normalized spacial score (nSPS) is 12.5. The predicted octanol–water partition coefficient (Wildman–Crippen LogP) is 2.49. The minimum absolute atomic E-state index is 0.0368. The second-order valence-corrected chi connectivity index (χ2v) is 7.09. The molecule has 0 aliphatic heterocycles. The van der Waals surface area contributed by atoms with Gasteiger partial charge in [0.25, 0.3) is 0 Å². The van der Waals surface area contributed by atoms with E-state index in [0.29, 0.717) is 11.3 Å². The number of phenolic OH excluding ortho intramolecular Hbond substituents is 1. The van der Waals surface area contributed by atoms with E-state index in [1.165, 1.54) is 6.07 Å². The lowest BCUT2D eigenvalue weighted by atomic mass is 10.0. The van der Waals surface area contributed by atoms with Crippen molar-refractivity contribution in [2.24, 2.45) is 5.41 Å². The summed E-state index contributed by atoms with van der Waals surface area (Å²) in [6.07, 6.45) is 0. The molecule has 0 aromatic heterocycles. The minimum Gasteiger partial charge on any atom is -0.508 e. The highest BCUT2D eigenvalue weighted by Crippen LogP contribution is 2.26. The summed E-state index contributed by atoms with van der Waals surface area (Å²) >= 11 is 0. The molecule has 0 heterocycles. The molecule has 2 N–H and O–H groups in total. The fourth-order valence-corrected chi connectivity index (χ4v) is 3.28. The molecule has 0 fully saturated rings. The van der Waals surface area contributed by atoms with E-state index in [0.717, 1.165) is 0 Å². The predicted molar refractivity (Wildman–Crippen MR) is 69.7 cm³/mol. The van der Waals surface area contributed by atoms with Crippen molar-refractivity contribution in [3.05, 3.63) is 23.8 Å². The van der Waals surface area contributed by atoms with Gasteiger partial charge in [0.05, 0.1) is 11.4 Å². The van der Waals surface area contributed by atoms with E-state index >= 15 is 0 Å². The molecule has 0 unspecified atom stereocenters. The molecule has 0 amide bonds. The highest BCUT2D eigenvalue weighted by Gasteiger charge is 2.22. The Morgan fingerprint density at radius 1 is 1.29 bits per heavy atom. The van der Waals surface area contributed by atoms with Gasteiger partial charge in [-0.3, -0.25) is 4.72 Å². The van der Waals surface area contributed by atoms with Crippen molar-refractivity contribution >= 4 is 15.7 Å². The number of hydrogen-bond acceptors (Lipinski definition) is 3. The SMILES string of the molecule is Cc1c(O)cccc1NS(=O)(=O)CC(C)(C)C. The third-order valence-corrected chi connectivity index (χ3v) is 3.97. The topological polar surface area (TPSA) is 66.4 Å². The monoisotopic (exact) mass is 257 g/mol. The van der Waals surface area contributed by atoms with Gasteiger partial charge in [0.15, 0.2) is 0 Å². The Labute approximate surface area is 103 Å². The van der Waals surface area contributed by atoms with Crippen molar-refractivity contribution in [1.82, 2.24) is 0 Å². The first kappa shape index (κ1) is 13.8. The third kappa shape index (κ3) is 4.26. The molecule has 96 valence electrons. The fourth-order valence-electron chi connectivity index (χ4n) is 1.51. The smallest absolute Gasteiger partial charge is 0.233 e. The van der Waals surface area contributed by atoms with Crippen molar-refractivity contribution < 1.29 is 13.5 Å². The average Bonchev–Trinajstić information content (AvgIpc) is 2.08. The van der Waals surface area contributed by atoms with Crippen LogP contribution in [0.5, 0.6) is 5.75 Å². The van der Waals surface area contributed by atoms with Crippen molar-refractivity contribution in [3.8, 4) is 5.75 Å². The van der Waals surface area contributed by atoms with Gasteiger partial charge in [0.2, 0.25) is 10.0 Å². The lowest BCUT2D eigenvalue weighted by Gasteiger charge is -2.19. The summed E-state index contributed by atoms with van der Waals surface area (Å²) in [6.45, 7) is 7.26. The number of benzene rings is 1. The zero-order valence-electron chi connectivity index (χ0n) is 10.6. The first-order chi connectivity index (χ1) is 7.61. The Bertz CT molecular complexity index is 501. The van der Waals surface area contributed by atoms with Crippen LogP contribution in [0.15, 0.2) is 18.2 Å². The maximum absolute atomic E-state index is 11.9. The number of nitrogens with one attached hydrogen (secondary N) is 1. The lowest BCUT2D eigenvalue weighted by molar-refractivity contribution is 0.463. The summed E-state index contributed by atoms with van der Waals surface area (Å²) in [7, 11) is -3.39. The van der Waals surface area contributed by atoms with Crippen LogP contribution in [-0.2, 0) is 10.0 Å². The molecule has 0 radical (unpaired) electrons. The van der Waals surface area contributed by atoms with Crippen molar-refractivity contribution in [3.63, 3.8) is 0 Å². The summed E-state index contributed by atoms with van der Waals surface area (Å²) in [6, 6.07) is 4.77. The van der Waals surface area contributed by atoms with E-state index in [4.69, 9.17) is 0 Å². The summed E-state index contributed by atoms with van der Waals surface area (Å²) in [4.78, 5) is 0. The van der Waals surface area contributed by atoms with Crippen LogP contribution in [0.2, 0.25) is 0 Å². The summed E-state index contributed by atoms with van der Waals surface area (Å²) < 4.78 is 26.3. The number of rotatable bonds is 3. The zero-order valence-corrected chi connectivity index (χ0v) is 11.4. The first-order valence-corrected chi connectivity index (χ1v) is 7.05. The molecule has 0 spiro atoms. The molecule has 0 aliphatic carbocycles. The molecule has 17 heavy (non-hydrogen) atoms. The molecule has 0 atom stereocenters. The Morgan fingerprint density at radius 2 is 1.88 bits per heavy atom. The number of anilines is 1. The molecule has 0 saturated carbocycles. The molecule has 1 aromatic carbocycles. The summed E-state index contributed by atoms with van der Waals surface area (Å²) in [5.41, 5.74) is 0.649. The summed E-state index contributed by atoms with van der Waals surface area (Å²) in [5.74, 6) is 0.121. The van der Waals surface area contributed by atoms with Crippen LogP contribution in [0.4, 0.5) is 5.69 Å². The molecular formula is C12H19NO3S. The lowest BCUT2D eigenvalue weighted by Crippen LogP contribution is -2.26. The quantitative estimate of drug-likeness (QED) is 0.874. The van der Waals surface area contributed by atoms with E-state index in [2.05, 4.69) is 4.72 Å². The van der Waals surface area contributed by atoms with Crippen LogP contribution in [-0.4, -0.2) is 19.3 Å². The average molecular weight is 257 g/mol. The largest absolute Gasteiger partial charge is 0.508 e. The highest BCUT2D eigenvalue weighted by atomic mass is 32.2. The van der Waals surface area contributed by atoms with E-state index < -0.39 is 10.0 Å². The Morgan fingerprint density at radius 3 is 2.41 bits per heavy atom.